The molecular weight excluding hydrogens is 240 g/mol. The molecule has 2 aromatic heterocycles. The number of benzene rings is 1. The van der Waals surface area contributed by atoms with E-state index in [2.05, 4.69) is 15.2 Å². The highest BCUT2D eigenvalue weighted by Crippen LogP contribution is 2.20. The van der Waals surface area contributed by atoms with Crippen molar-refractivity contribution >= 4 is 5.69 Å². The van der Waals surface area contributed by atoms with E-state index in [1.54, 1.807) is 4.68 Å². The van der Waals surface area contributed by atoms with Gasteiger partial charge in [0.15, 0.2) is 0 Å². The van der Waals surface area contributed by atoms with Crippen LogP contribution in [0.2, 0.25) is 0 Å². The fourth-order valence-electron chi connectivity index (χ4n) is 1.93. The highest BCUT2D eigenvalue weighted by atomic mass is 15.3. The van der Waals surface area contributed by atoms with Gasteiger partial charge in [-0.1, -0.05) is 12.1 Å². The number of hydrogen-bond acceptors (Lipinski definition) is 4. The van der Waals surface area contributed by atoms with Crippen molar-refractivity contribution in [1.29, 1.82) is 0 Å². The van der Waals surface area contributed by atoms with Gasteiger partial charge in [-0.2, -0.15) is 10.2 Å². The van der Waals surface area contributed by atoms with Gasteiger partial charge in [0.1, 0.15) is 18.7 Å². The van der Waals surface area contributed by atoms with Crippen molar-refractivity contribution in [1.82, 2.24) is 24.5 Å². The summed E-state index contributed by atoms with van der Waals surface area (Å²) < 4.78 is 3.57. The largest absolute Gasteiger partial charge is 0.399 e. The minimum atomic E-state index is 0.596. The molecule has 0 aliphatic rings. The van der Waals surface area contributed by atoms with E-state index in [0.717, 1.165) is 22.6 Å². The zero-order valence-electron chi connectivity index (χ0n) is 10.6. The summed E-state index contributed by atoms with van der Waals surface area (Å²) in [5, 5.41) is 8.37. The molecule has 0 amide bonds. The van der Waals surface area contributed by atoms with E-state index in [4.69, 9.17) is 5.73 Å². The maximum Gasteiger partial charge on any atom is 0.148 e. The van der Waals surface area contributed by atoms with Crippen LogP contribution in [0.5, 0.6) is 0 Å². The third-order valence-corrected chi connectivity index (χ3v) is 2.96. The quantitative estimate of drug-likeness (QED) is 0.715. The van der Waals surface area contributed by atoms with Gasteiger partial charge in [0, 0.05) is 24.5 Å². The number of aryl methyl sites for hydroxylation is 1. The van der Waals surface area contributed by atoms with E-state index in [1.165, 1.54) is 6.33 Å². The minimum absolute atomic E-state index is 0.596. The summed E-state index contributed by atoms with van der Waals surface area (Å²) in [7, 11) is 1.87. The maximum absolute atomic E-state index is 5.78. The predicted molar refractivity (Wildman–Crippen MR) is 72.2 cm³/mol. The lowest BCUT2D eigenvalue weighted by molar-refractivity contribution is 0.608. The molecule has 0 fully saturated rings. The molecule has 3 aromatic rings. The Hall–Kier alpha value is -2.63. The van der Waals surface area contributed by atoms with Crippen molar-refractivity contribution in [2.45, 2.75) is 6.54 Å². The number of anilines is 1. The van der Waals surface area contributed by atoms with Crippen LogP contribution >= 0.6 is 0 Å². The van der Waals surface area contributed by atoms with Gasteiger partial charge >= 0.3 is 0 Å². The first-order valence-electron chi connectivity index (χ1n) is 5.93. The SMILES string of the molecule is Cn1ncnc1Cn1cc(-c2cccc(N)c2)cn1. The summed E-state index contributed by atoms with van der Waals surface area (Å²) in [4.78, 5) is 4.18. The number of aromatic nitrogens is 5. The molecule has 6 heteroatoms. The molecule has 96 valence electrons. The van der Waals surface area contributed by atoms with Gasteiger partial charge in [0.25, 0.3) is 0 Å². The van der Waals surface area contributed by atoms with Crippen molar-refractivity contribution in [3.63, 3.8) is 0 Å². The first-order chi connectivity index (χ1) is 9.22. The summed E-state index contributed by atoms with van der Waals surface area (Å²) in [6.07, 6.45) is 5.34. The molecule has 1 aromatic carbocycles. The van der Waals surface area contributed by atoms with Gasteiger partial charge in [-0.05, 0) is 17.7 Å². The number of nitrogens with two attached hydrogens (primary N) is 1. The van der Waals surface area contributed by atoms with E-state index in [-0.39, 0.29) is 0 Å². The highest BCUT2D eigenvalue weighted by Gasteiger charge is 2.05. The molecule has 0 radical (unpaired) electrons. The van der Waals surface area contributed by atoms with Gasteiger partial charge < -0.3 is 5.73 Å². The Morgan fingerprint density at radius 3 is 2.84 bits per heavy atom. The van der Waals surface area contributed by atoms with E-state index >= 15 is 0 Å². The Morgan fingerprint density at radius 2 is 2.11 bits per heavy atom. The second-order valence-electron chi connectivity index (χ2n) is 4.35. The Bertz CT molecular complexity index is 696. The van der Waals surface area contributed by atoms with Gasteiger partial charge in [0.2, 0.25) is 0 Å². The van der Waals surface area contributed by atoms with Crippen LogP contribution in [-0.2, 0) is 13.6 Å². The van der Waals surface area contributed by atoms with E-state index in [1.807, 2.05) is 48.4 Å². The molecule has 0 spiro atoms. The van der Waals surface area contributed by atoms with Crippen LogP contribution in [0.1, 0.15) is 5.82 Å². The van der Waals surface area contributed by atoms with E-state index < -0.39 is 0 Å². The second kappa shape index (κ2) is 4.56. The van der Waals surface area contributed by atoms with Crippen LogP contribution in [-0.4, -0.2) is 24.5 Å². The van der Waals surface area contributed by atoms with Crippen molar-refractivity contribution in [3.05, 3.63) is 48.8 Å². The predicted octanol–water partition coefficient (Wildman–Crippen LogP) is 1.31. The number of nitrogens with zero attached hydrogens (tertiary/aromatic N) is 5. The summed E-state index contributed by atoms with van der Waals surface area (Å²) >= 11 is 0. The number of rotatable bonds is 3. The first-order valence-corrected chi connectivity index (χ1v) is 5.93. The molecule has 0 bridgehead atoms. The zero-order chi connectivity index (χ0) is 13.2. The third-order valence-electron chi connectivity index (χ3n) is 2.96. The normalized spacial score (nSPS) is 10.8. The van der Waals surface area contributed by atoms with Gasteiger partial charge in [-0.3, -0.25) is 9.36 Å². The zero-order valence-corrected chi connectivity index (χ0v) is 10.6. The average molecular weight is 254 g/mol. The summed E-state index contributed by atoms with van der Waals surface area (Å²) in [6.45, 7) is 0.596. The molecule has 2 N–H and O–H groups in total. The average Bonchev–Trinajstić information content (AvgIpc) is 3.00. The fourth-order valence-corrected chi connectivity index (χ4v) is 1.93. The van der Waals surface area contributed by atoms with E-state index in [9.17, 15) is 0 Å². The highest BCUT2D eigenvalue weighted by molar-refractivity contribution is 5.65. The van der Waals surface area contributed by atoms with Gasteiger partial charge in [-0.15, -0.1) is 0 Å². The van der Waals surface area contributed by atoms with Crippen LogP contribution in [0, 0.1) is 0 Å². The smallest absolute Gasteiger partial charge is 0.148 e. The summed E-state index contributed by atoms with van der Waals surface area (Å²) in [6, 6.07) is 7.75. The fraction of sp³-hybridized carbons (Fsp3) is 0.154. The molecular formula is C13H14N6. The standard InChI is InChI=1S/C13H14N6/c1-18-13(15-9-17-18)8-19-7-11(6-16-19)10-3-2-4-12(14)5-10/h2-7,9H,8,14H2,1H3. The third kappa shape index (κ3) is 2.33. The molecule has 0 atom stereocenters. The molecule has 6 nitrogen and oxygen atoms in total. The lowest BCUT2D eigenvalue weighted by Crippen LogP contribution is -2.06. The Morgan fingerprint density at radius 1 is 1.21 bits per heavy atom. The molecule has 0 unspecified atom stereocenters. The minimum Gasteiger partial charge on any atom is -0.399 e. The Kier molecular flexibility index (Phi) is 2.75. The number of hydrogen-bond donors (Lipinski definition) is 1. The van der Waals surface area contributed by atoms with Crippen molar-refractivity contribution < 1.29 is 0 Å². The first kappa shape index (κ1) is 11.5. The maximum atomic E-state index is 5.78. The molecule has 0 aliphatic carbocycles. The summed E-state index contributed by atoms with van der Waals surface area (Å²) in [5.74, 6) is 0.863. The lowest BCUT2D eigenvalue weighted by Gasteiger charge is -2.00. The molecule has 3 rings (SSSR count). The van der Waals surface area contributed by atoms with Crippen molar-refractivity contribution in [2.24, 2.45) is 7.05 Å². The molecule has 19 heavy (non-hydrogen) atoms. The van der Waals surface area contributed by atoms with Crippen molar-refractivity contribution in [3.8, 4) is 11.1 Å². The van der Waals surface area contributed by atoms with Gasteiger partial charge in [-0.25, -0.2) is 4.98 Å². The molecule has 0 saturated carbocycles. The summed E-state index contributed by atoms with van der Waals surface area (Å²) in [5.41, 5.74) is 8.63. The molecule has 2 heterocycles. The molecule has 0 aliphatic heterocycles. The van der Waals surface area contributed by atoms with Crippen molar-refractivity contribution in [2.75, 3.05) is 5.73 Å². The lowest BCUT2D eigenvalue weighted by atomic mass is 10.1. The Balaban J connectivity index is 1.86. The van der Waals surface area contributed by atoms with E-state index in [0.29, 0.717) is 6.54 Å². The van der Waals surface area contributed by atoms with Crippen LogP contribution in [0.3, 0.4) is 0 Å². The molecule has 0 saturated heterocycles. The second-order valence-corrected chi connectivity index (χ2v) is 4.35. The van der Waals surface area contributed by atoms with Crippen LogP contribution in [0.25, 0.3) is 11.1 Å². The van der Waals surface area contributed by atoms with Crippen LogP contribution in [0.4, 0.5) is 5.69 Å². The van der Waals surface area contributed by atoms with Crippen LogP contribution in [0.15, 0.2) is 43.0 Å². The topological polar surface area (TPSA) is 74.5 Å². The number of nitrogen functional groups attached to an aromatic ring is 1. The Labute approximate surface area is 110 Å². The van der Waals surface area contributed by atoms with Gasteiger partial charge in [0.05, 0.1) is 6.20 Å². The monoisotopic (exact) mass is 254 g/mol. The van der Waals surface area contributed by atoms with Crippen LogP contribution < -0.4 is 5.73 Å².